The van der Waals surface area contributed by atoms with Gasteiger partial charge in [0.2, 0.25) is 0 Å². The van der Waals surface area contributed by atoms with Crippen molar-refractivity contribution >= 4 is 12.1 Å². The third-order valence-electron chi connectivity index (χ3n) is 3.75. The number of carbonyl (C=O) groups is 2. The van der Waals surface area contributed by atoms with Crippen molar-refractivity contribution in [1.82, 2.24) is 5.32 Å². The van der Waals surface area contributed by atoms with Gasteiger partial charge in [0, 0.05) is 18.0 Å². The number of carbonyl (C=O) groups excluding carboxylic acids is 2. The van der Waals surface area contributed by atoms with Crippen molar-refractivity contribution in [1.29, 1.82) is 0 Å². The number of esters is 1. The van der Waals surface area contributed by atoms with E-state index < -0.39 is 5.60 Å². The summed E-state index contributed by atoms with van der Waals surface area (Å²) in [6, 6.07) is 0.0862. The third-order valence-corrected chi connectivity index (χ3v) is 3.75. The van der Waals surface area contributed by atoms with Gasteiger partial charge in [-0.15, -0.1) is 0 Å². The molecule has 1 saturated carbocycles. The summed E-state index contributed by atoms with van der Waals surface area (Å²) in [5.74, 6) is -0.274. The molecule has 2 fully saturated rings. The number of hydrogen-bond donors (Lipinski definition) is 1. The summed E-state index contributed by atoms with van der Waals surface area (Å²) in [7, 11) is 0. The molecule has 0 aromatic heterocycles. The highest BCUT2D eigenvalue weighted by molar-refractivity contribution is 5.90. The van der Waals surface area contributed by atoms with Crippen molar-refractivity contribution in [2.24, 2.45) is 0 Å². The summed E-state index contributed by atoms with van der Waals surface area (Å²) in [5, 5.41) is 2.88. The zero-order valence-corrected chi connectivity index (χ0v) is 12.5. The van der Waals surface area contributed by atoms with Crippen LogP contribution in [-0.4, -0.2) is 29.3 Å². The molecule has 0 unspecified atom stereocenters. The van der Waals surface area contributed by atoms with Crippen LogP contribution in [0.4, 0.5) is 4.79 Å². The van der Waals surface area contributed by atoms with E-state index in [0.29, 0.717) is 12.0 Å². The van der Waals surface area contributed by atoms with Crippen LogP contribution in [0.15, 0.2) is 12.2 Å². The van der Waals surface area contributed by atoms with Gasteiger partial charge in [-0.05, 0) is 46.5 Å². The summed E-state index contributed by atoms with van der Waals surface area (Å²) in [5.41, 5.74) is -0.303. The molecule has 0 radical (unpaired) electrons. The van der Waals surface area contributed by atoms with Crippen molar-refractivity contribution in [3.63, 3.8) is 0 Å². The van der Waals surface area contributed by atoms with E-state index in [4.69, 9.17) is 9.47 Å². The highest BCUT2D eigenvalue weighted by Gasteiger charge is 2.45. The zero-order chi connectivity index (χ0) is 15.0. The zero-order valence-electron chi connectivity index (χ0n) is 12.5. The summed E-state index contributed by atoms with van der Waals surface area (Å²) in [6.45, 7) is 9.25. The van der Waals surface area contributed by atoms with E-state index in [-0.39, 0.29) is 23.7 Å². The van der Waals surface area contributed by atoms with Crippen molar-refractivity contribution in [3.8, 4) is 0 Å². The van der Waals surface area contributed by atoms with E-state index >= 15 is 0 Å². The van der Waals surface area contributed by atoms with Crippen LogP contribution < -0.4 is 5.32 Å². The largest absolute Gasteiger partial charge is 0.455 e. The van der Waals surface area contributed by atoms with Gasteiger partial charge in [-0.25, -0.2) is 9.59 Å². The molecule has 5 nitrogen and oxygen atoms in total. The minimum Gasteiger partial charge on any atom is -0.455 e. The molecule has 0 aromatic carbocycles. The molecule has 1 amide bonds. The first kappa shape index (κ1) is 14.9. The highest BCUT2D eigenvalue weighted by atomic mass is 16.6. The molecule has 112 valence electrons. The summed E-state index contributed by atoms with van der Waals surface area (Å²) >= 11 is 0. The number of alkyl carbamates (subject to hydrolysis) is 1. The molecule has 5 heteroatoms. The summed E-state index contributed by atoms with van der Waals surface area (Å²) in [6.07, 6.45) is 3.34. The first-order valence-electron chi connectivity index (χ1n) is 7.10. The topological polar surface area (TPSA) is 64.6 Å². The lowest BCUT2D eigenvalue weighted by atomic mass is 9.80. The van der Waals surface area contributed by atoms with Gasteiger partial charge in [0.15, 0.2) is 0 Å². The average Bonchev–Trinajstić information content (AvgIpc) is 2.56. The van der Waals surface area contributed by atoms with Gasteiger partial charge in [-0.3, -0.25) is 0 Å². The van der Waals surface area contributed by atoms with Crippen LogP contribution in [0.5, 0.6) is 0 Å². The average molecular weight is 281 g/mol. The van der Waals surface area contributed by atoms with Gasteiger partial charge in [0.25, 0.3) is 0 Å². The molecule has 2 aliphatic rings. The fourth-order valence-electron chi connectivity index (χ4n) is 2.81. The number of amides is 1. The Morgan fingerprint density at radius 1 is 1.40 bits per heavy atom. The maximum atomic E-state index is 11.7. The molecule has 1 aliphatic carbocycles. The van der Waals surface area contributed by atoms with Crippen molar-refractivity contribution in [2.45, 2.75) is 70.1 Å². The molecular weight excluding hydrogens is 258 g/mol. The second kappa shape index (κ2) is 5.11. The van der Waals surface area contributed by atoms with Gasteiger partial charge in [-0.2, -0.15) is 0 Å². The minimum atomic E-state index is -0.487. The lowest BCUT2D eigenvalue weighted by Gasteiger charge is -2.36. The van der Waals surface area contributed by atoms with Crippen LogP contribution in [0.2, 0.25) is 0 Å². The van der Waals surface area contributed by atoms with Crippen molar-refractivity contribution in [2.75, 3.05) is 0 Å². The third kappa shape index (κ3) is 3.52. The van der Waals surface area contributed by atoms with Crippen LogP contribution in [-0.2, 0) is 14.3 Å². The van der Waals surface area contributed by atoms with E-state index in [0.717, 1.165) is 25.7 Å². The second-order valence-electron chi connectivity index (χ2n) is 6.77. The van der Waals surface area contributed by atoms with Crippen LogP contribution in [0, 0.1) is 0 Å². The quantitative estimate of drug-likeness (QED) is 0.593. The highest BCUT2D eigenvalue weighted by Crippen LogP contribution is 2.41. The molecule has 1 spiro atoms. The lowest BCUT2D eigenvalue weighted by molar-refractivity contribution is -0.149. The molecule has 0 aromatic rings. The van der Waals surface area contributed by atoms with Gasteiger partial charge >= 0.3 is 12.1 Å². The molecule has 1 saturated heterocycles. The molecule has 1 N–H and O–H groups in total. The van der Waals surface area contributed by atoms with Crippen LogP contribution in [0.25, 0.3) is 0 Å². The fourth-order valence-corrected chi connectivity index (χ4v) is 2.81. The van der Waals surface area contributed by atoms with Crippen molar-refractivity contribution < 1.29 is 19.1 Å². The van der Waals surface area contributed by atoms with E-state index in [1.165, 1.54) is 0 Å². The Morgan fingerprint density at radius 2 is 2.00 bits per heavy atom. The number of ether oxygens (including phenoxy) is 2. The number of rotatable bonds is 1. The Balaban J connectivity index is 1.82. The first-order valence-corrected chi connectivity index (χ1v) is 7.10. The minimum absolute atomic E-state index is 0.0862. The van der Waals surface area contributed by atoms with Gasteiger partial charge in [0.1, 0.15) is 11.2 Å². The van der Waals surface area contributed by atoms with E-state index in [2.05, 4.69) is 11.9 Å². The summed E-state index contributed by atoms with van der Waals surface area (Å²) < 4.78 is 10.7. The summed E-state index contributed by atoms with van der Waals surface area (Å²) in [4.78, 5) is 23.2. The monoisotopic (exact) mass is 281 g/mol. The maximum absolute atomic E-state index is 11.7. The number of hydrogen-bond acceptors (Lipinski definition) is 4. The van der Waals surface area contributed by atoms with E-state index in [9.17, 15) is 9.59 Å². The smallest absolute Gasteiger partial charge is 0.407 e. The standard InChI is InChI=1S/C15H23NO4/c1-10-9-15(19-12(10)17)7-5-11(6-8-15)16-13(18)20-14(2,3)4/h11H,1,5-9H2,2-4H3,(H,16,18). The number of nitrogens with one attached hydrogen (secondary N) is 1. The predicted octanol–water partition coefficient (Wildman–Crippen LogP) is 2.70. The fraction of sp³-hybridized carbons (Fsp3) is 0.733. The van der Waals surface area contributed by atoms with Gasteiger partial charge in [0.05, 0.1) is 0 Å². The van der Waals surface area contributed by atoms with E-state index in [1.807, 2.05) is 20.8 Å². The molecule has 0 atom stereocenters. The maximum Gasteiger partial charge on any atom is 0.407 e. The molecule has 2 rings (SSSR count). The predicted molar refractivity (Wildman–Crippen MR) is 74.2 cm³/mol. The normalized spacial score (nSPS) is 30.2. The van der Waals surface area contributed by atoms with Gasteiger partial charge < -0.3 is 14.8 Å². The molecular formula is C15H23NO4. The van der Waals surface area contributed by atoms with Crippen LogP contribution in [0.3, 0.4) is 0 Å². The Bertz CT molecular complexity index is 410. The Morgan fingerprint density at radius 3 is 2.45 bits per heavy atom. The first-order chi connectivity index (χ1) is 9.19. The molecule has 1 aliphatic heterocycles. The second-order valence-corrected chi connectivity index (χ2v) is 6.77. The Labute approximate surface area is 119 Å². The molecule has 0 bridgehead atoms. The van der Waals surface area contributed by atoms with E-state index in [1.54, 1.807) is 0 Å². The Hall–Kier alpha value is -1.52. The molecule has 20 heavy (non-hydrogen) atoms. The SMILES string of the molecule is C=C1CC2(CCC(NC(=O)OC(C)(C)C)CC2)OC1=O. The van der Waals surface area contributed by atoms with Crippen LogP contribution in [0.1, 0.15) is 52.9 Å². The Kier molecular flexibility index (Phi) is 3.80. The molecule has 1 heterocycles. The van der Waals surface area contributed by atoms with Crippen molar-refractivity contribution in [3.05, 3.63) is 12.2 Å². The van der Waals surface area contributed by atoms with Crippen LogP contribution >= 0.6 is 0 Å². The van der Waals surface area contributed by atoms with Gasteiger partial charge in [-0.1, -0.05) is 6.58 Å². The lowest BCUT2D eigenvalue weighted by Crippen LogP contribution is -2.44.